The topological polar surface area (TPSA) is 65.7 Å². The van der Waals surface area contributed by atoms with Crippen LogP contribution in [0, 0.1) is 6.92 Å². The molecule has 1 atom stereocenters. The Bertz CT molecular complexity index is 701. The first-order valence-electron chi connectivity index (χ1n) is 6.86. The number of ether oxygens (including phenoxy) is 2. The van der Waals surface area contributed by atoms with Gasteiger partial charge in [0.1, 0.15) is 11.3 Å². The highest BCUT2D eigenvalue weighted by Gasteiger charge is 2.09. The SMILES string of the molecule is CCC(C)OC(=O)COc1ccc2c(C)cc(=O)oc2c1. The van der Waals surface area contributed by atoms with E-state index >= 15 is 0 Å². The lowest BCUT2D eigenvalue weighted by atomic mass is 10.1. The molecule has 1 unspecified atom stereocenters. The molecule has 1 aromatic heterocycles. The minimum absolute atomic E-state index is 0.127. The van der Waals surface area contributed by atoms with Gasteiger partial charge in [0.05, 0.1) is 6.10 Å². The molecule has 5 nitrogen and oxygen atoms in total. The maximum atomic E-state index is 11.5. The van der Waals surface area contributed by atoms with E-state index in [1.807, 2.05) is 20.8 Å². The van der Waals surface area contributed by atoms with Crippen molar-refractivity contribution in [3.8, 4) is 5.75 Å². The third-order valence-electron chi connectivity index (χ3n) is 3.19. The average Bonchev–Trinajstić information content (AvgIpc) is 2.44. The second-order valence-electron chi connectivity index (χ2n) is 4.90. The molecule has 0 aliphatic rings. The lowest BCUT2D eigenvalue weighted by Gasteiger charge is -2.11. The van der Waals surface area contributed by atoms with Crippen molar-refractivity contribution in [1.29, 1.82) is 0 Å². The van der Waals surface area contributed by atoms with Crippen molar-refractivity contribution < 1.29 is 18.7 Å². The molecular formula is C16H18O5. The van der Waals surface area contributed by atoms with E-state index in [0.717, 1.165) is 17.4 Å². The molecule has 2 aromatic rings. The molecule has 0 amide bonds. The van der Waals surface area contributed by atoms with Crippen molar-refractivity contribution in [3.05, 3.63) is 40.2 Å². The van der Waals surface area contributed by atoms with E-state index in [9.17, 15) is 9.59 Å². The minimum Gasteiger partial charge on any atom is -0.482 e. The van der Waals surface area contributed by atoms with Crippen LogP contribution in [0.4, 0.5) is 0 Å². The number of esters is 1. The monoisotopic (exact) mass is 290 g/mol. The number of hydrogen-bond acceptors (Lipinski definition) is 5. The van der Waals surface area contributed by atoms with E-state index in [1.54, 1.807) is 18.2 Å². The quantitative estimate of drug-likeness (QED) is 0.625. The largest absolute Gasteiger partial charge is 0.482 e. The molecule has 21 heavy (non-hydrogen) atoms. The number of carbonyl (C=O) groups is 1. The van der Waals surface area contributed by atoms with Gasteiger partial charge in [-0.3, -0.25) is 0 Å². The fourth-order valence-electron chi connectivity index (χ4n) is 1.88. The number of aryl methyl sites for hydroxylation is 1. The number of rotatable bonds is 5. The van der Waals surface area contributed by atoms with Gasteiger partial charge in [-0.05, 0) is 38.0 Å². The molecule has 2 rings (SSSR count). The third-order valence-corrected chi connectivity index (χ3v) is 3.19. The van der Waals surface area contributed by atoms with Crippen LogP contribution in [0.5, 0.6) is 5.75 Å². The zero-order valence-corrected chi connectivity index (χ0v) is 12.3. The molecule has 1 heterocycles. The molecule has 0 fully saturated rings. The predicted molar refractivity (Wildman–Crippen MR) is 78.6 cm³/mol. The molecule has 0 radical (unpaired) electrons. The number of benzene rings is 1. The van der Waals surface area contributed by atoms with Crippen LogP contribution in [0.3, 0.4) is 0 Å². The second-order valence-corrected chi connectivity index (χ2v) is 4.90. The average molecular weight is 290 g/mol. The van der Waals surface area contributed by atoms with Gasteiger partial charge in [0, 0.05) is 17.5 Å². The van der Waals surface area contributed by atoms with Gasteiger partial charge in [0.2, 0.25) is 0 Å². The lowest BCUT2D eigenvalue weighted by molar-refractivity contribution is -0.150. The van der Waals surface area contributed by atoms with Crippen LogP contribution in [-0.2, 0) is 9.53 Å². The number of fused-ring (bicyclic) bond motifs is 1. The summed E-state index contributed by atoms with van der Waals surface area (Å²) >= 11 is 0. The second kappa shape index (κ2) is 6.43. The van der Waals surface area contributed by atoms with E-state index in [4.69, 9.17) is 13.9 Å². The van der Waals surface area contributed by atoms with Crippen LogP contribution in [0.2, 0.25) is 0 Å². The first-order valence-corrected chi connectivity index (χ1v) is 6.86. The molecule has 0 saturated carbocycles. The summed E-state index contributed by atoms with van der Waals surface area (Å²) in [7, 11) is 0. The van der Waals surface area contributed by atoms with Gasteiger partial charge in [0.15, 0.2) is 6.61 Å². The summed E-state index contributed by atoms with van der Waals surface area (Å²) in [5.41, 5.74) is 0.866. The first-order chi connectivity index (χ1) is 9.99. The van der Waals surface area contributed by atoms with E-state index in [-0.39, 0.29) is 12.7 Å². The maximum Gasteiger partial charge on any atom is 0.344 e. The van der Waals surface area contributed by atoms with Crippen LogP contribution in [-0.4, -0.2) is 18.7 Å². The summed E-state index contributed by atoms with van der Waals surface area (Å²) in [6.45, 7) is 5.42. The highest BCUT2D eigenvalue weighted by molar-refractivity contribution is 5.81. The molecule has 5 heteroatoms. The fraction of sp³-hybridized carbons (Fsp3) is 0.375. The van der Waals surface area contributed by atoms with Gasteiger partial charge >= 0.3 is 11.6 Å². The van der Waals surface area contributed by atoms with Crippen LogP contribution in [0.15, 0.2) is 33.5 Å². The van der Waals surface area contributed by atoms with E-state index in [0.29, 0.717) is 11.3 Å². The molecule has 0 saturated heterocycles. The molecule has 0 aliphatic carbocycles. The molecule has 0 N–H and O–H groups in total. The molecule has 1 aromatic carbocycles. The zero-order chi connectivity index (χ0) is 15.4. The van der Waals surface area contributed by atoms with Gasteiger partial charge in [-0.15, -0.1) is 0 Å². The van der Waals surface area contributed by atoms with Crippen LogP contribution < -0.4 is 10.4 Å². The maximum absolute atomic E-state index is 11.5. The van der Waals surface area contributed by atoms with Crippen LogP contribution in [0.25, 0.3) is 11.0 Å². The van der Waals surface area contributed by atoms with Gasteiger partial charge in [0.25, 0.3) is 0 Å². The van der Waals surface area contributed by atoms with Gasteiger partial charge in [-0.2, -0.15) is 0 Å². The smallest absolute Gasteiger partial charge is 0.344 e. The fourth-order valence-corrected chi connectivity index (χ4v) is 1.88. The standard InChI is InChI=1S/C16H18O5/c1-4-11(3)20-16(18)9-19-12-5-6-13-10(2)7-15(17)21-14(13)8-12/h5-8,11H,4,9H2,1-3H3. The van der Waals surface area contributed by atoms with E-state index < -0.39 is 11.6 Å². The third kappa shape index (κ3) is 3.84. The Labute approximate surface area is 122 Å². The molecule has 0 aliphatic heterocycles. The molecule has 112 valence electrons. The molecule has 0 spiro atoms. The highest BCUT2D eigenvalue weighted by Crippen LogP contribution is 2.22. The van der Waals surface area contributed by atoms with E-state index in [2.05, 4.69) is 0 Å². The van der Waals surface area contributed by atoms with Crippen molar-refractivity contribution in [2.45, 2.75) is 33.3 Å². The molecular weight excluding hydrogens is 272 g/mol. The van der Waals surface area contributed by atoms with Crippen LogP contribution in [0.1, 0.15) is 25.8 Å². The lowest BCUT2D eigenvalue weighted by Crippen LogP contribution is -2.20. The zero-order valence-electron chi connectivity index (χ0n) is 12.3. The molecule has 0 bridgehead atoms. The van der Waals surface area contributed by atoms with Crippen molar-refractivity contribution in [2.75, 3.05) is 6.61 Å². The Hall–Kier alpha value is -2.30. The summed E-state index contributed by atoms with van der Waals surface area (Å²) in [4.78, 5) is 22.9. The van der Waals surface area contributed by atoms with E-state index in [1.165, 1.54) is 6.07 Å². The van der Waals surface area contributed by atoms with Gasteiger partial charge in [-0.1, -0.05) is 6.92 Å². The summed E-state index contributed by atoms with van der Waals surface area (Å²) in [6.07, 6.45) is 0.630. The predicted octanol–water partition coefficient (Wildman–Crippen LogP) is 2.82. The Kier molecular flexibility index (Phi) is 4.62. The summed E-state index contributed by atoms with van der Waals surface area (Å²) < 4.78 is 15.6. The van der Waals surface area contributed by atoms with Gasteiger partial charge in [-0.25, -0.2) is 9.59 Å². The highest BCUT2D eigenvalue weighted by atomic mass is 16.6. The van der Waals surface area contributed by atoms with Crippen molar-refractivity contribution in [1.82, 2.24) is 0 Å². The summed E-state index contributed by atoms with van der Waals surface area (Å²) in [6, 6.07) is 6.56. The van der Waals surface area contributed by atoms with Crippen LogP contribution >= 0.6 is 0 Å². The van der Waals surface area contributed by atoms with Crippen molar-refractivity contribution >= 4 is 16.9 Å². The minimum atomic E-state index is -0.421. The Balaban J connectivity index is 2.10. The van der Waals surface area contributed by atoms with Gasteiger partial charge < -0.3 is 13.9 Å². The Morgan fingerprint density at radius 1 is 1.33 bits per heavy atom. The summed E-state index contributed by atoms with van der Waals surface area (Å²) in [5.74, 6) is 0.0347. The Morgan fingerprint density at radius 2 is 2.10 bits per heavy atom. The number of hydrogen-bond donors (Lipinski definition) is 0. The normalized spacial score (nSPS) is 12.1. The Morgan fingerprint density at radius 3 is 2.81 bits per heavy atom. The van der Waals surface area contributed by atoms with Crippen molar-refractivity contribution in [3.63, 3.8) is 0 Å². The van der Waals surface area contributed by atoms with Crippen molar-refractivity contribution in [2.24, 2.45) is 0 Å². The summed E-state index contributed by atoms with van der Waals surface area (Å²) in [5, 5.41) is 0.837. The number of carbonyl (C=O) groups excluding carboxylic acids is 1. The first kappa shape index (κ1) is 15.1.